The Morgan fingerprint density at radius 3 is 2.76 bits per heavy atom. The van der Waals surface area contributed by atoms with Crippen LogP contribution in [-0.4, -0.2) is 36.4 Å². The largest absolute Gasteiger partial charge is 0.370 e. The van der Waals surface area contributed by atoms with Crippen molar-refractivity contribution in [2.45, 2.75) is 18.9 Å². The highest BCUT2D eigenvalue weighted by Gasteiger charge is 2.25. The van der Waals surface area contributed by atoms with Crippen molar-refractivity contribution in [3.8, 4) is 0 Å². The summed E-state index contributed by atoms with van der Waals surface area (Å²) in [6.45, 7) is 0.395. The Kier molecular flexibility index (Phi) is 4.26. The molecule has 1 rings (SSSR count). The lowest BCUT2D eigenvalue weighted by Gasteiger charge is -2.04. The third kappa shape index (κ3) is 4.36. The van der Waals surface area contributed by atoms with Gasteiger partial charge in [0.15, 0.2) is 5.96 Å². The number of carbonyl (C=O) groups is 2. The third-order valence-corrected chi connectivity index (χ3v) is 2.00. The Balaban J connectivity index is 2.38. The summed E-state index contributed by atoms with van der Waals surface area (Å²) in [6.07, 6.45) is 1.06. The number of guanidine groups is 2. The van der Waals surface area contributed by atoms with Crippen LogP contribution < -0.4 is 27.8 Å². The van der Waals surface area contributed by atoms with Gasteiger partial charge in [-0.2, -0.15) is 4.99 Å². The molecule has 9 nitrogen and oxygen atoms in total. The molecule has 1 aliphatic heterocycles. The molecule has 0 fully saturated rings. The number of urea groups is 1. The van der Waals surface area contributed by atoms with Crippen LogP contribution in [0.4, 0.5) is 4.79 Å². The molecule has 0 aliphatic carbocycles. The van der Waals surface area contributed by atoms with E-state index < -0.39 is 12.1 Å². The van der Waals surface area contributed by atoms with Gasteiger partial charge < -0.3 is 22.5 Å². The van der Waals surface area contributed by atoms with Crippen LogP contribution in [0.5, 0.6) is 0 Å². The zero-order valence-corrected chi connectivity index (χ0v) is 9.14. The van der Waals surface area contributed by atoms with E-state index in [-0.39, 0.29) is 17.8 Å². The Labute approximate surface area is 97.5 Å². The summed E-state index contributed by atoms with van der Waals surface area (Å²) in [5, 5.41) is 4.86. The van der Waals surface area contributed by atoms with Gasteiger partial charge in [0.1, 0.15) is 6.04 Å². The van der Waals surface area contributed by atoms with Crippen molar-refractivity contribution in [1.29, 1.82) is 0 Å². The summed E-state index contributed by atoms with van der Waals surface area (Å²) in [5.74, 6) is -0.313. The summed E-state index contributed by atoms with van der Waals surface area (Å²) in [5.41, 5.74) is 15.2. The maximum Gasteiger partial charge on any atom is 0.312 e. The average Bonchev–Trinajstić information content (AvgIpc) is 2.52. The van der Waals surface area contributed by atoms with Crippen LogP contribution in [0.3, 0.4) is 0 Å². The molecule has 9 heteroatoms. The Bertz CT molecular complexity index is 372. The second-order valence-corrected chi connectivity index (χ2v) is 3.43. The molecule has 1 aliphatic rings. The Morgan fingerprint density at radius 1 is 1.47 bits per heavy atom. The SMILES string of the molecule is NC(=O)NCCCC1N=C(N=C(N)N)NC1=O. The minimum absolute atomic E-state index is 0.114. The van der Waals surface area contributed by atoms with Gasteiger partial charge in [-0.1, -0.05) is 0 Å². The van der Waals surface area contributed by atoms with Gasteiger partial charge in [-0.25, -0.2) is 9.79 Å². The fourth-order valence-corrected chi connectivity index (χ4v) is 1.31. The van der Waals surface area contributed by atoms with Gasteiger partial charge in [0.2, 0.25) is 5.96 Å². The maximum atomic E-state index is 11.4. The quantitative estimate of drug-likeness (QED) is 0.210. The van der Waals surface area contributed by atoms with Gasteiger partial charge in [-0.3, -0.25) is 10.1 Å². The Morgan fingerprint density at radius 2 is 2.18 bits per heavy atom. The first-order valence-corrected chi connectivity index (χ1v) is 5.00. The van der Waals surface area contributed by atoms with Crippen molar-refractivity contribution in [3.63, 3.8) is 0 Å². The van der Waals surface area contributed by atoms with E-state index >= 15 is 0 Å². The summed E-state index contributed by atoms with van der Waals surface area (Å²) in [4.78, 5) is 29.4. The lowest BCUT2D eigenvalue weighted by Crippen LogP contribution is -2.32. The van der Waals surface area contributed by atoms with E-state index in [1.807, 2.05) is 0 Å². The van der Waals surface area contributed by atoms with Gasteiger partial charge in [-0.05, 0) is 12.8 Å². The van der Waals surface area contributed by atoms with Crippen LogP contribution >= 0.6 is 0 Å². The monoisotopic (exact) mass is 241 g/mol. The first-order chi connectivity index (χ1) is 7.99. The van der Waals surface area contributed by atoms with Gasteiger partial charge >= 0.3 is 6.03 Å². The van der Waals surface area contributed by atoms with Crippen molar-refractivity contribution in [2.75, 3.05) is 6.54 Å². The predicted molar refractivity (Wildman–Crippen MR) is 62.0 cm³/mol. The lowest BCUT2D eigenvalue weighted by atomic mass is 10.1. The highest BCUT2D eigenvalue weighted by atomic mass is 16.2. The smallest absolute Gasteiger partial charge is 0.312 e. The number of hydrogen-bond donors (Lipinski definition) is 5. The number of carbonyl (C=O) groups excluding carboxylic acids is 2. The normalized spacial score (nSPS) is 18.2. The molecule has 3 amide bonds. The van der Waals surface area contributed by atoms with Gasteiger partial charge in [0.05, 0.1) is 0 Å². The van der Waals surface area contributed by atoms with Crippen LogP contribution in [-0.2, 0) is 4.79 Å². The first kappa shape index (κ1) is 12.7. The van der Waals surface area contributed by atoms with E-state index in [4.69, 9.17) is 17.2 Å². The zero-order valence-electron chi connectivity index (χ0n) is 9.14. The molecule has 1 heterocycles. The number of nitrogens with one attached hydrogen (secondary N) is 2. The maximum absolute atomic E-state index is 11.4. The van der Waals surface area contributed by atoms with Gasteiger partial charge in [0.25, 0.3) is 5.91 Å². The second kappa shape index (κ2) is 5.68. The molecule has 0 aromatic rings. The lowest BCUT2D eigenvalue weighted by molar-refractivity contribution is -0.120. The number of nitrogens with two attached hydrogens (primary N) is 3. The van der Waals surface area contributed by atoms with Crippen LogP contribution in [0.2, 0.25) is 0 Å². The molecule has 0 spiro atoms. The molecular formula is C8H15N7O2. The molecule has 0 saturated carbocycles. The molecular weight excluding hydrogens is 226 g/mol. The minimum Gasteiger partial charge on any atom is -0.370 e. The van der Waals surface area contributed by atoms with Crippen molar-refractivity contribution >= 4 is 23.9 Å². The predicted octanol–water partition coefficient (Wildman–Crippen LogP) is -2.44. The number of primary amides is 1. The van der Waals surface area contributed by atoms with E-state index in [0.717, 1.165) is 0 Å². The van der Waals surface area contributed by atoms with Crippen molar-refractivity contribution in [2.24, 2.45) is 27.2 Å². The second-order valence-electron chi connectivity index (χ2n) is 3.43. The average molecular weight is 241 g/mol. The van der Waals surface area contributed by atoms with Crippen LogP contribution in [0.15, 0.2) is 9.98 Å². The van der Waals surface area contributed by atoms with E-state index in [0.29, 0.717) is 19.4 Å². The summed E-state index contributed by atoms with van der Waals surface area (Å²) in [6, 6.07) is -1.12. The molecule has 1 unspecified atom stereocenters. The first-order valence-electron chi connectivity index (χ1n) is 5.00. The molecule has 17 heavy (non-hydrogen) atoms. The fraction of sp³-hybridized carbons (Fsp3) is 0.500. The topological polar surface area (TPSA) is 161 Å². The summed E-state index contributed by atoms with van der Waals surface area (Å²) < 4.78 is 0. The molecule has 0 bridgehead atoms. The van der Waals surface area contributed by atoms with Crippen LogP contribution in [0.1, 0.15) is 12.8 Å². The zero-order chi connectivity index (χ0) is 12.8. The number of amides is 3. The minimum atomic E-state index is -0.592. The molecule has 1 atom stereocenters. The Hall–Kier alpha value is -2.32. The van der Waals surface area contributed by atoms with E-state index in [1.54, 1.807) is 0 Å². The van der Waals surface area contributed by atoms with Crippen molar-refractivity contribution in [3.05, 3.63) is 0 Å². The van der Waals surface area contributed by atoms with E-state index in [9.17, 15) is 9.59 Å². The highest BCUT2D eigenvalue weighted by molar-refractivity contribution is 6.08. The van der Waals surface area contributed by atoms with Crippen molar-refractivity contribution < 1.29 is 9.59 Å². The van der Waals surface area contributed by atoms with Gasteiger partial charge in [0, 0.05) is 6.54 Å². The number of hydrogen-bond acceptors (Lipinski definition) is 4. The highest BCUT2D eigenvalue weighted by Crippen LogP contribution is 2.07. The van der Waals surface area contributed by atoms with Gasteiger partial charge in [-0.15, -0.1) is 0 Å². The summed E-state index contributed by atoms with van der Waals surface area (Å²) >= 11 is 0. The number of nitrogens with zero attached hydrogens (tertiary/aromatic N) is 2. The van der Waals surface area contributed by atoms with Crippen molar-refractivity contribution in [1.82, 2.24) is 10.6 Å². The molecule has 0 aromatic carbocycles. The van der Waals surface area contributed by atoms with Crippen LogP contribution in [0, 0.1) is 0 Å². The number of aliphatic imine (C=N–C) groups is 2. The molecule has 0 radical (unpaired) electrons. The summed E-state index contributed by atoms with van der Waals surface area (Å²) in [7, 11) is 0. The van der Waals surface area contributed by atoms with Crippen LogP contribution in [0.25, 0.3) is 0 Å². The molecule has 8 N–H and O–H groups in total. The molecule has 0 aromatic heterocycles. The standard InChI is InChI=1S/C8H15N7O2/c9-6(10)15-8-13-4(5(16)14-8)2-1-3-12-7(11)17/h4H,1-3H2,(H3,11,12,17)(H5,9,10,13,14,15,16). The van der Waals surface area contributed by atoms with E-state index in [1.165, 1.54) is 0 Å². The fourth-order valence-electron chi connectivity index (χ4n) is 1.31. The molecule has 0 saturated heterocycles. The molecule has 94 valence electrons. The van der Waals surface area contributed by atoms with E-state index in [2.05, 4.69) is 20.6 Å². The third-order valence-electron chi connectivity index (χ3n) is 2.00. The number of rotatable bonds is 4.